The first-order valence-electron chi connectivity index (χ1n) is 4.67. The fourth-order valence-corrected chi connectivity index (χ4v) is 1.45. The molecular formula is C11H9BrN2O2. The van der Waals surface area contributed by atoms with Crippen molar-refractivity contribution in [1.29, 1.82) is 0 Å². The molecule has 0 spiro atoms. The lowest BCUT2D eigenvalue weighted by atomic mass is 10.3. The van der Waals surface area contributed by atoms with Gasteiger partial charge < -0.3 is 4.74 Å². The standard InChI is InChI=1S/C11H9BrN2O2/c12-9-6-13-14(7-9)11(15)8-16-10-4-2-1-3-5-10/h1-7H,8H2. The van der Waals surface area contributed by atoms with Gasteiger partial charge in [-0.15, -0.1) is 0 Å². The minimum Gasteiger partial charge on any atom is -0.484 e. The number of rotatable bonds is 3. The predicted octanol–water partition coefficient (Wildman–Crippen LogP) is 2.36. The zero-order chi connectivity index (χ0) is 11.4. The summed E-state index contributed by atoms with van der Waals surface area (Å²) in [6.07, 6.45) is 3.15. The molecule has 82 valence electrons. The molecule has 0 fully saturated rings. The molecule has 0 saturated heterocycles. The molecule has 16 heavy (non-hydrogen) atoms. The molecule has 4 nitrogen and oxygen atoms in total. The summed E-state index contributed by atoms with van der Waals surface area (Å²) < 4.78 is 7.31. The first-order valence-corrected chi connectivity index (χ1v) is 5.46. The Morgan fingerprint density at radius 2 is 2.12 bits per heavy atom. The molecule has 0 bridgehead atoms. The van der Waals surface area contributed by atoms with Gasteiger partial charge >= 0.3 is 0 Å². The van der Waals surface area contributed by atoms with E-state index in [0.29, 0.717) is 5.75 Å². The van der Waals surface area contributed by atoms with Crippen LogP contribution in [0.3, 0.4) is 0 Å². The highest BCUT2D eigenvalue weighted by Crippen LogP contribution is 2.09. The first kappa shape index (κ1) is 10.9. The Bertz CT molecular complexity index is 482. The van der Waals surface area contributed by atoms with Crippen LogP contribution in [0, 0.1) is 0 Å². The van der Waals surface area contributed by atoms with E-state index in [-0.39, 0.29) is 12.5 Å². The Morgan fingerprint density at radius 3 is 2.75 bits per heavy atom. The smallest absolute Gasteiger partial charge is 0.284 e. The maximum absolute atomic E-state index is 11.6. The van der Waals surface area contributed by atoms with Crippen LogP contribution in [0.2, 0.25) is 0 Å². The number of aromatic nitrogens is 2. The molecule has 0 N–H and O–H groups in total. The maximum atomic E-state index is 11.6. The van der Waals surface area contributed by atoms with Crippen molar-refractivity contribution in [2.45, 2.75) is 0 Å². The van der Waals surface area contributed by atoms with Crippen molar-refractivity contribution in [3.8, 4) is 5.75 Å². The summed E-state index contributed by atoms with van der Waals surface area (Å²) in [7, 11) is 0. The number of para-hydroxylation sites is 1. The van der Waals surface area contributed by atoms with E-state index >= 15 is 0 Å². The number of nitrogens with zero attached hydrogens (tertiary/aromatic N) is 2. The van der Waals surface area contributed by atoms with Gasteiger partial charge in [-0.25, -0.2) is 4.68 Å². The zero-order valence-corrected chi connectivity index (χ0v) is 9.92. The normalized spacial score (nSPS) is 10.1. The van der Waals surface area contributed by atoms with Gasteiger partial charge in [-0.2, -0.15) is 5.10 Å². The second kappa shape index (κ2) is 4.94. The molecule has 2 rings (SSSR count). The summed E-state index contributed by atoms with van der Waals surface area (Å²) in [5.74, 6) is 0.455. The van der Waals surface area contributed by atoms with E-state index in [4.69, 9.17) is 4.74 Å². The lowest BCUT2D eigenvalue weighted by Crippen LogP contribution is -2.19. The molecule has 0 aliphatic rings. The number of carbonyl (C=O) groups excluding carboxylic acids is 1. The van der Waals surface area contributed by atoms with Crippen LogP contribution in [0.25, 0.3) is 0 Å². The molecule has 0 unspecified atom stereocenters. The summed E-state index contributed by atoms with van der Waals surface area (Å²) in [5, 5.41) is 3.87. The molecule has 0 saturated carbocycles. The van der Waals surface area contributed by atoms with Gasteiger partial charge in [0, 0.05) is 6.20 Å². The SMILES string of the molecule is O=C(COc1ccccc1)n1cc(Br)cn1. The molecule has 1 heterocycles. The molecule has 1 aromatic heterocycles. The van der Waals surface area contributed by atoms with Gasteiger partial charge in [0.1, 0.15) is 5.75 Å². The van der Waals surface area contributed by atoms with Crippen LogP contribution >= 0.6 is 15.9 Å². The van der Waals surface area contributed by atoms with Crippen molar-refractivity contribution in [3.05, 3.63) is 47.2 Å². The van der Waals surface area contributed by atoms with E-state index < -0.39 is 0 Å². The molecule has 1 aromatic carbocycles. The van der Waals surface area contributed by atoms with Crippen LogP contribution in [0.1, 0.15) is 4.79 Å². The molecule has 0 radical (unpaired) electrons. The van der Waals surface area contributed by atoms with E-state index in [1.165, 1.54) is 4.68 Å². The molecule has 0 aliphatic carbocycles. The molecular weight excluding hydrogens is 272 g/mol. The number of ether oxygens (including phenoxy) is 1. The number of carbonyl (C=O) groups is 1. The van der Waals surface area contributed by atoms with Gasteiger partial charge in [-0.05, 0) is 28.1 Å². The molecule has 0 amide bonds. The minimum atomic E-state index is -0.213. The molecule has 0 atom stereocenters. The van der Waals surface area contributed by atoms with Crippen molar-refractivity contribution in [2.75, 3.05) is 6.61 Å². The van der Waals surface area contributed by atoms with Crippen LogP contribution in [0.4, 0.5) is 0 Å². The topological polar surface area (TPSA) is 44.1 Å². The summed E-state index contributed by atoms with van der Waals surface area (Å²) in [4.78, 5) is 11.6. The van der Waals surface area contributed by atoms with Gasteiger partial charge in [0.25, 0.3) is 5.91 Å². The predicted molar refractivity (Wildman–Crippen MR) is 62.5 cm³/mol. The van der Waals surface area contributed by atoms with Crippen LogP contribution in [-0.4, -0.2) is 22.3 Å². The monoisotopic (exact) mass is 280 g/mol. The Kier molecular flexibility index (Phi) is 3.36. The van der Waals surface area contributed by atoms with Gasteiger partial charge in [0.05, 0.1) is 10.7 Å². The highest BCUT2D eigenvalue weighted by atomic mass is 79.9. The van der Waals surface area contributed by atoms with Crippen LogP contribution in [0.5, 0.6) is 5.75 Å². The second-order valence-electron chi connectivity index (χ2n) is 3.10. The summed E-state index contributed by atoms with van der Waals surface area (Å²) >= 11 is 3.22. The third-order valence-corrected chi connectivity index (χ3v) is 2.32. The summed E-state index contributed by atoms with van der Waals surface area (Å²) in [6, 6.07) is 9.19. The van der Waals surface area contributed by atoms with Crippen LogP contribution < -0.4 is 4.74 Å². The Hall–Kier alpha value is -1.62. The van der Waals surface area contributed by atoms with Crippen molar-refractivity contribution < 1.29 is 9.53 Å². The number of hydrogen-bond acceptors (Lipinski definition) is 3. The molecule has 0 aliphatic heterocycles. The third kappa shape index (κ3) is 2.70. The lowest BCUT2D eigenvalue weighted by Gasteiger charge is -2.04. The minimum absolute atomic E-state index is 0.0296. The fraction of sp³-hybridized carbons (Fsp3) is 0.0909. The van der Waals surface area contributed by atoms with Crippen molar-refractivity contribution in [1.82, 2.24) is 9.78 Å². The highest BCUT2D eigenvalue weighted by molar-refractivity contribution is 9.10. The number of hydrogen-bond donors (Lipinski definition) is 0. The number of halogens is 1. The van der Waals surface area contributed by atoms with E-state index in [1.54, 1.807) is 24.5 Å². The fourth-order valence-electron chi connectivity index (χ4n) is 1.17. The van der Waals surface area contributed by atoms with Crippen molar-refractivity contribution >= 4 is 21.8 Å². The Labute approximate surface area is 101 Å². The average molecular weight is 281 g/mol. The zero-order valence-electron chi connectivity index (χ0n) is 8.34. The van der Waals surface area contributed by atoms with E-state index in [9.17, 15) is 4.79 Å². The van der Waals surface area contributed by atoms with Crippen molar-refractivity contribution in [3.63, 3.8) is 0 Å². The Morgan fingerprint density at radius 1 is 1.38 bits per heavy atom. The van der Waals surface area contributed by atoms with E-state index in [0.717, 1.165) is 4.47 Å². The Balaban J connectivity index is 1.94. The van der Waals surface area contributed by atoms with Crippen molar-refractivity contribution in [2.24, 2.45) is 0 Å². The molecule has 5 heteroatoms. The van der Waals surface area contributed by atoms with Crippen LogP contribution in [0.15, 0.2) is 47.2 Å². The second-order valence-corrected chi connectivity index (χ2v) is 4.01. The summed E-state index contributed by atoms with van der Waals surface area (Å²) in [6.45, 7) is -0.0296. The first-order chi connectivity index (χ1) is 7.75. The van der Waals surface area contributed by atoms with Crippen LogP contribution in [-0.2, 0) is 0 Å². The number of benzene rings is 1. The maximum Gasteiger partial charge on any atom is 0.284 e. The quantitative estimate of drug-likeness (QED) is 0.867. The molecule has 2 aromatic rings. The largest absolute Gasteiger partial charge is 0.484 e. The van der Waals surface area contributed by atoms with E-state index in [1.807, 2.05) is 18.2 Å². The van der Waals surface area contributed by atoms with Gasteiger partial charge in [-0.1, -0.05) is 18.2 Å². The van der Waals surface area contributed by atoms with Gasteiger partial charge in [0.15, 0.2) is 6.61 Å². The van der Waals surface area contributed by atoms with Gasteiger partial charge in [-0.3, -0.25) is 4.79 Å². The lowest BCUT2D eigenvalue weighted by molar-refractivity contribution is 0.0821. The summed E-state index contributed by atoms with van der Waals surface area (Å²) in [5.41, 5.74) is 0. The third-order valence-electron chi connectivity index (χ3n) is 1.91. The van der Waals surface area contributed by atoms with Gasteiger partial charge in [0.2, 0.25) is 0 Å². The highest BCUT2D eigenvalue weighted by Gasteiger charge is 2.06. The van der Waals surface area contributed by atoms with E-state index in [2.05, 4.69) is 21.0 Å². The average Bonchev–Trinajstić information content (AvgIpc) is 2.74.